The molecule has 0 spiro atoms. The molecule has 0 saturated carbocycles. The summed E-state index contributed by atoms with van der Waals surface area (Å²) in [5.74, 6) is 2.20. The normalized spacial score (nSPS) is 10.4. The van der Waals surface area contributed by atoms with Gasteiger partial charge in [-0.2, -0.15) is 11.8 Å². The van der Waals surface area contributed by atoms with E-state index in [2.05, 4.69) is 6.92 Å². The van der Waals surface area contributed by atoms with Crippen molar-refractivity contribution in [2.45, 2.75) is 32.6 Å². The fraction of sp³-hybridized carbons (Fsp3) is 0.533. The quantitative estimate of drug-likeness (QED) is 0.666. The van der Waals surface area contributed by atoms with Gasteiger partial charge in [-0.3, -0.25) is 4.79 Å². The fourth-order valence-corrected chi connectivity index (χ4v) is 2.47. The van der Waals surface area contributed by atoms with E-state index in [0.717, 1.165) is 17.1 Å². The highest BCUT2D eigenvalue weighted by molar-refractivity contribution is 7.99. The van der Waals surface area contributed by atoms with Crippen LogP contribution in [0.4, 0.5) is 0 Å². The van der Waals surface area contributed by atoms with Gasteiger partial charge in [0.15, 0.2) is 0 Å². The number of hydrogen-bond donors (Lipinski definition) is 1. The molecule has 19 heavy (non-hydrogen) atoms. The number of carboxylic acids is 1. The van der Waals surface area contributed by atoms with Crippen molar-refractivity contribution >= 4 is 17.7 Å². The lowest BCUT2D eigenvalue weighted by molar-refractivity contribution is -0.136. The van der Waals surface area contributed by atoms with Gasteiger partial charge in [-0.25, -0.2) is 0 Å². The number of benzene rings is 1. The number of unbranched alkanes of at least 4 members (excludes halogenated alkanes) is 2. The van der Waals surface area contributed by atoms with E-state index in [9.17, 15) is 4.79 Å². The molecule has 0 aromatic heterocycles. The van der Waals surface area contributed by atoms with Crippen molar-refractivity contribution in [2.24, 2.45) is 0 Å². The monoisotopic (exact) mass is 282 g/mol. The van der Waals surface area contributed by atoms with E-state index < -0.39 is 5.97 Å². The van der Waals surface area contributed by atoms with Crippen molar-refractivity contribution in [2.75, 3.05) is 18.1 Å². The molecule has 0 unspecified atom stereocenters. The van der Waals surface area contributed by atoms with E-state index in [-0.39, 0.29) is 6.42 Å². The number of thioether (sulfide) groups is 1. The molecule has 1 aromatic rings. The van der Waals surface area contributed by atoms with Crippen molar-refractivity contribution in [3.05, 3.63) is 29.8 Å². The SMILES string of the molecule is CCCCCSCCOc1ccc(CC(=O)O)cc1. The number of carboxylic acid groups (broad SMARTS) is 1. The van der Waals surface area contributed by atoms with Gasteiger partial charge in [0.2, 0.25) is 0 Å². The minimum Gasteiger partial charge on any atom is -0.493 e. The van der Waals surface area contributed by atoms with Crippen molar-refractivity contribution in [3.63, 3.8) is 0 Å². The Bertz CT molecular complexity index is 362. The molecule has 0 amide bonds. The van der Waals surface area contributed by atoms with Gasteiger partial charge in [0.1, 0.15) is 5.75 Å². The maximum Gasteiger partial charge on any atom is 0.307 e. The third-order valence-electron chi connectivity index (χ3n) is 2.67. The molecule has 1 rings (SSSR count). The smallest absolute Gasteiger partial charge is 0.307 e. The van der Waals surface area contributed by atoms with Crippen molar-refractivity contribution in [3.8, 4) is 5.75 Å². The van der Waals surface area contributed by atoms with Crippen molar-refractivity contribution in [1.29, 1.82) is 0 Å². The zero-order valence-electron chi connectivity index (χ0n) is 11.4. The summed E-state index contributed by atoms with van der Waals surface area (Å²) in [5, 5.41) is 8.66. The Morgan fingerprint density at radius 3 is 2.58 bits per heavy atom. The van der Waals surface area contributed by atoms with Crippen LogP contribution in [0.5, 0.6) is 5.75 Å². The molecule has 0 bridgehead atoms. The standard InChI is InChI=1S/C15H22O3S/c1-2-3-4-10-19-11-9-18-14-7-5-13(6-8-14)12-15(16)17/h5-8H,2-4,9-12H2,1H3,(H,16,17). The van der Waals surface area contributed by atoms with Crippen LogP contribution in [0.3, 0.4) is 0 Å². The number of rotatable bonds is 10. The Labute approximate surface area is 119 Å². The summed E-state index contributed by atoms with van der Waals surface area (Å²) in [7, 11) is 0. The van der Waals surface area contributed by atoms with Crippen LogP contribution in [-0.4, -0.2) is 29.2 Å². The van der Waals surface area contributed by atoms with Gasteiger partial charge in [-0.05, 0) is 29.9 Å². The van der Waals surface area contributed by atoms with Crippen LogP contribution in [0.2, 0.25) is 0 Å². The van der Waals surface area contributed by atoms with E-state index >= 15 is 0 Å². The summed E-state index contributed by atoms with van der Waals surface area (Å²) in [6.07, 6.45) is 3.91. The third kappa shape index (κ3) is 7.78. The first-order valence-corrected chi connectivity index (χ1v) is 7.89. The second-order valence-corrected chi connectivity index (χ2v) is 5.61. The average molecular weight is 282 g/mol. The number of ether oxygens (including phenoxy) is 1. The predicted octanol–water partition coefficient (Wildman–Crippen LogP) is 3.62. The first-order chi connectivity index (χ1) is 9.22. The van der Waals surface area contributed by atoms with Gasteiger partial charge in [0.05, 0.1) is 13.0 Å². The highest BCUT2D eigenvalue weighted by Crippen LogP contribution is 2.13. The van der Waals surface area contributed by atoms with Gasteiger partial charge in [0.25, 0.3) is 0 Å². The maximum absolute atomic E-state index is 10.5. The highest BCUT2D eigenvalue weighted by Gasteiger charge is 2.00. The van der Waals surface area contributed by atoms with E-state index in [1.54, 1.807) is 12.1 Å². The van der Waals surface area contributed by atoms with Crippen LogP contribution in [0, 0.1) is 0 Å². The first kappa shape index (κ1) is 15.9. The molecule has 4 heteroatoms. The summed E-state index contributed by atoms with van der Waals surface area (Å²) in [5.41, 5.74) is 0.800. The Morgan fingerprint density at radius 1 is 1.21 bits per heavy atom. The van der Waals surface area contributed by atoms with Gasteiger partial charge in [0, 0.05) is 5.75 Å². The van der Waals surface area contributed by atoms with Gasteiger partial charge in [-0.1, -0.05) is 31.9 Å². The molecule has 106 valence electrons. The Morgan fingerprint density at radius 2 is 1.95 bits per heavy atom. The minimum atomic E-state index is -0.808. The lowest BCUT2D eigenvalue weighted by Crippen LogP contribution is -2.02. The van der Waals surface area contributed by atoms with Gasteiger partial charge in [-0.15, -0.1) is 0 Å². The molecule has 0 fully saturated rings. The first-order valence-electron chi connectivity index (χ1n) is 6.73. The summed E-state index contributed by atoms with van der Waals surface area (Å²) >= 11 is 1.92. The van der Waals surface area contributed by atoms with E-state index in [1.807, 2.05) is 23.9 Å². The predicted molar refractivity (Wildman–Crippen MR) is 80.1 cm³/mol. The topological polar surface area (TPSA) is 46.5 Å². The third-order valence-corrected chi connectivity index (χ3v) is 3.70. The van der Waals surface area contributed by atoms with Crippen molar-refractivity contribution in [1.82, 2.24) is 0 Å². The molecule has 0 radical (unpaired) electrons. The lowest BCUT2D eigenvalue weighted by atomic mass is 10.1. The Kier molecular flexibility index (Phi) is 8.14. The highest BCUT2D eigenvalue weighted by atomic mass is 32.2. The second kappa shape index (κ2) is 9.73. The molecule has 0 aliphatic heterocycles. The van der Waals surface area contributed by atoms with Gasteiger partial charge >= 0.3 is 5.97 Å². The molecule has 1 aromatic carbocycles. The van der Waals surface area contributed by atoms with Crippen LogP contribution in [0.25, 0.3) is 0 Å². The molecule has 0 aliphatic rings. The lowest BCUT2D eigenvalue weighted by Gasteiger charge is -2.06. The fourth-order valence-electron chi connectivity index (χ4n) is 1.65. The van der Waals surface area contributed by atoms with Crippen LogP contribution < -0.4 is 4.74 Å². The van der Waals surface area contributed by atoms with E-state index in [0.29, 0.717) is 6.61 Å². The maximum atomic E-state index is 10.5. The molecule has 0 aliphatic carbocycles. The molecule has 0 heterocycles. The average Bonchev–Trinajstić information content (AvgIpc) is 2.39. The second-order valence-electron chi connectivity index (χ2n) is 4.38. The molecular weight excluding hydrogens is 260 g/mol. The molecular formula is C15H22O3S. The van der Waals surface area contributed by atoms with Gasteiger partial charge < -0.3 is 9.84 Å². The van der Waals surface area contributed by atoms with Crippen LogP contribution in [-0.2, 0) is 11.2 Å². The zero-order chi connectivity index (χ0) is 13.9. The number of aliphatic carboxylic acids is 1. The van der Waals surface area contributed by atoms with E-state index in [4.69, 9.17) is 9.84 Å². The van der Waals surface area contributed by atoms with E-state index in [1.165, 1.54) is 25.0 Å². The van der Waals surface area contributed by atoms with Crippen molar-refractivity contribution < 1.29 is 14.6 Å². The molecule has 1 N–H and O–H groups in total. The zero-order valence-corrected chi connectivity index (χ0v) is 12.2. The Balaban J connectivity index is 2.14. The van der Waals surface area contributed by atoms with Crippen LogP contribution in [0.15, 0.2) is 24.3 Å². The number of hydrogen-bond acceptors (Lipinski definition) is 3. The summed E-state index contributed by atoms with van der Waals surface area (Å²) < 4.78 is 5.60. The summed E-state index contributed by atoms with van der Waals surface area (Å²) in [4.78, 5) is 10.5. The largest absolute Gasteiger partial charge is 0.493 e. The molecule has 0 saturated heterocycles. The summed E-state index contributed by atoms with van der Waals surface area (Å²) in [6.45, 7) is 2.91. The molecule has 0 atom stereocenters. The summed E-state index contributed by atoms with van der Waals surface area (Å²) in [6, 6.07) is 7.27. The Hall–Kier alpha value is -1.16. The minimum absolute atomic E-state index is 0.0631. The number of carbonyl (C=O) groups is 1. The molecule has 3 nitrogen and oxygen atoms in total. The van der Waals surface area contributed by atoms with Crippen LogP contribution in [0.1, 0.15) is 31.7 Å². The van der Waals surface area contributed by atoms with Crippen LogP contribution >= 0.6 is 11.8 Å².